The summed E-state index contributed by atoms with van der Waals surface area (Å²) in [6.45, 7) is 0. The van der Waals surface area contributed by atoms with E-state index in [2.05, 4.69) is 70.6 Å². The molecule has 0 fully saturated rings. The molecule has 0 amide bonds. The first-order valence-corrected chi connectivity index (χ1v) is 8.68. The fourth-order valence-electron chi connectivity index (χ4n) is 3.54. The summed E-state index contributed by atoms with van der Waals surface area (Å²) in [7, 11) is 0. The van der Waals surface area contributed by atoms with Gasteiger partial charge in [-0.1, -0.05) is 48.5 Å². The Kier molecular flexibility index (Phi) is 3.46. The normalized spacial score (nSPS) is 11.1. The summed E-state index contributed by atoms with van der Waals surface area (Å²) < 4.78 is 0. The van der Waals surface area contributed by atoms with Gasteiger partial charge in [-0.05, 0) is 57.9 Å². The lowest BCUT2D eigenvalue weighted by Crippen LogP contribution is -1.92. The topological polar surface area (TPSA) is 25.8 Å². The molecule has 0 aliphatic heterocycles. The quantitative estimate of drug-likeness (QED) is 0.364. The van der Waals surface area contributed by atoms with Crippen LogP contribution in [0.15, 0.2) is 97.3 Å². The highest BCUT2D eigenvalue weighted by molar-refractivity contribution is 6.08. The third-order valence-electron chi connectivity index (χ3n) is 4.75. The molecule has 2 nitrogen and oxygen atoms in total. The van der Waals surface area contributed by atoms with Crippen LogP contribution < -0.4 is 0 Å². The molecule has 2 heterocycles. The van der Waals surface area contributed by atoms with Gasteiger partial charge in [-0.25, -0.2) is 0 Å². The van der Waals surface area contributed by atoms with Gasteiger partial charge < -0.3 is 0 Å². The lowest BCUT2D eigenvalue weighted by molar-refractivity contribution is 1.31. The molecular formula is C24H16N2. The van der Waals surface area contributed by atoms with Gasteiger partial charge in [-0.3, -0.25) is 9.97 Å². The van der Waals surface area contributed by atoms with Crippen LogP contribution in [0.2, 0.25) is 0 Å². The van der Waals surface area contributed by atoms with Gasteiger partial charge in [-0.15, -0.1) is 0 Å². The van der Waals surface area contributed by atoms with E-state index >= 15 is 0 Å². The predicted molar refractivity (Wildman–Crippen MR) is 108 cm³/mol. The molecule has 26 heavy (non-hydrogen) atoms. The van der Waals surface area contributed by atoms with Crippen molar-refractivity contribution in [2.75, 3.05) is 0 Å². The number of benzene rings is 3. The van der Waals surface area contributed by atoms with Gasteiger partial charge >= 0.3 is 0 Å². The molecule has 122 valence electrons. The standard InChI is InChI=1S/C24H16N2/c1-2-8-18-16-21-19(15-17(18)7-1)11-12-20(22-9-3-5-13-25-22)24(21)23-10-4-6-14-26-23/h1-16H. The molecule has 3 aromatic carbocycles. The summed E-state index contributed by atoms with van der Waals surface area (Å²) >= 11 is 0. The van der Waals surface area contributed by atoms with Gasteiger partial charge in [0.2, 0.25) is 0 Å². The predicted octanol–water partition coefficient (Wildman–Crippen LogP) is 6.12. The fourth-order valence-corrected chi connectivity index (χ4v) is 3.54. The smallest absolute Gasteiger partial charge is 0.0715 e. The van der Waals surface area contributed by atoms with Gasteiger partial charge in [0.25, 0.3) is 0 Å². The number of rotatable bonds is 2. The van der Waals surface area contributed by atoms with Crippen molar-refractivity contribution >= 4 is 21.5 Å². The van der Waals surface area contributed by atoms with E-state index in [1.807, 2.05) is 36.7 Å². The molecule has 0 aliphatic rings. The summed E-state index contributed by atoms with van der Waals surface area (Å²) in [6, 6.07) is 29.4. The minimum atomic E-state index is 0.961. The third-order valence-corrected chi connectivity index (χ3v) is 4.75. The molecule has 0 saturated carbocycles. The second kappa shape index (κ2) is 6.08. The maximum absolute atomic E-state index is 4.64. The molecular weight excluding hydrogens is 316 g/mol. The Labute approximate surface area is 151 Å². The van der Waals surface area contributed by atoms with Gasteiger partial charge in [0, 0.05) is 23.5 Å². The first-order valence-electron chi connectivity index (χ1n) is 8.68. The van der Waals surface area contributed by atoms with Gasteiger partial charge in [0.05, 0.1) is 11.4 Å². The summed E-state index contributed by atoms with van der Waals surface area (Å²) in [5.41, 5.74) is 4.16. The lowest BCUT2D eigenvalue weighted by atomic mass is 9.92. The van der Waals surface area contributed by atoms with Crippen LogP contribution in [0.3, 0.4) is 0 Å². The number of hydrogen-bond donors (Lipinski definition) is 0. The van der Waals surface area contributed by atoms with E-state index in [0.29, 0.717) is 0 Å². The summed E-state index contributed by atoms with van der Waals surface area (Å²) in [5, 5.41) is 4.89. The minimum Gasteiger partial charge on any atom is -0.256 e. The molecule has 0 atom stereocenters. The third kappa shape index (κ3) is 2.44. The van der Waals surface area contributed by atoms with E-state index in [-0.39, 0.29) is 0 Å². The van der Waals surface area contributed by atoms with Crippen LogP contribution in [-0.2, 0) is 0 Å². The van der Waals surface area contributed by atoms with Gasteiger partial charge in [0.1, 0.15) is 0 Å². The van der Waals surface area contributed by atoms with Crippen LogP contribution >= 0.6 is 0 Å². The Morgan fingerprint density at radius 2 is 1.15 bits per heavy atom. The van der Waals surface area contributed by atoms with Crippen molar-refractivity contribution in [1.29, 1.82) is 0 Å². The van der Waals surface area contributed by atoms with Crippen LogP contribution in [-0.4, -0.2) is 9.97 Å². The van der Waals surface area contributed by atoms with Gasteiger partial charge in [0.15, 0.2) is 0 Å². The first-order chi connectivity index (χ1) is 12.9. The fraction of sp³-hybridized carbons (Fsp3) is 0. The van der Waals surface area contributed by atoms with E-state index in [0.717, 1.165) is 22.5 Å². The summed E-state index contributed by atoms with van der Waals surface area (Å²) in [4.78, 5) is 9.21. The van der Waals surface area contributed by atoms with E-state index in [1.54, 1.807) is 0 Å². The minimum absolute atomic E-state index is 0.961. The number of hydrogen-bond acceptors (Lipinski definition) is 2. The summed E-state index contributed by atoms with van der Waals surface area (Å²) in [5.74, 6) is 0. The molecule has 5 rings (SSSR count). The lowest BCUT2D eigenvalue weighted by Gasteiger charge is -2.13. The first kappa shape index (κ1) is 14.8. The molecule has 0 N–H and O–H groups in total. The highest BCUT2D eigenvalue weighted by atomic mass is 14.7. The van der Waals surface area contributed by atoms with Crippen molar-refractivity contribution in [2.24, 2.45) is 0 Å². The Morgan fingerprint density at radius 1 is 0.500 bits per heavy atom. The van der Waals surface area contributed by atoms with Crippen LogP contribution in [0.5, 0.6) is 0 Å². The molecule has 2 aromatic heterocycles. The Morgan fingerprint density at radius 3 is 1.85 bits per heavy atom. The Hall–Kier alpha value is -3.52. The Bertz CT molecular complexity index is 1210. The SMILES string of the molecule is c1ccc(-c2ccc3cc4ccccc4cc3c2-c2ccccn2)nc1. The number of nitrogens with zero attached hydrogens (tertiary/aromatic N) is 2. The molecule has 0 radical (unpaired) electrons. The number of aromatic nitrogens is 2. The van der Waals surface area contributed by atoms with Crippen molar-refractivity contribution in [2.45, 2.75) is 0 Å². The van der Waals surface area contributed by atoms with Crippen LogP contribution in [0.1, 0.15) is 0 Å². The molecule has 2 heteroatoms. The maximum atomic E-state index is 4.64. The molecule has 0 bridgehead atoms. The highest BCUT2D eigenvalue weighted by Gasteiger charge is 2.14. The maximum Gasteiger partial charge on any atom is 0.0715 e. The van der Waals surface area contributed by atoms with E-state index in [4.69, 9.17) is 0 Å². The second-order valence-electron chi connectivity index (χ2n) is 6.34. The second-order valence-corrected chi connectivity index (χ2v) is 6.34. The van der Waals surface area contributed by atoms with Crippen LogP contribution in [0.4, 0.5) is 0 Å². The molecule has 0 unspecified atom stereocenters. The summed E-state index contributed by atoms with van der Waals surface area (Å²) in [6.07, 6.45) is 3.68. The zero-order valence-corrected chi connectivity index (χ0v) is 14.1. The molecule has 5 aromatic rings. The molecule has 0 aliphatic carbocycles. The average molecular weight is 332 g/mol. The Balaban J connectivity index is 1.92. The van der Waals surface area contributed by atoms with Crippen LogP contribution in [0, 0.1) is 0 Å². The van der Waals surface area contributed by atoms with Crippen molar-refractivity contribution in [1.82, 2.24) is 9.97 Å². The van der Waals surface area contributed by atoms with E-state index < -0.39 is 0 Å². The zero-order chi connectivity index (χ0) is 17.3. The van der Waals surface area contributed by atoms with Crippen molar-refractivity contribution in [3.63, 3.8) is 0 Å². The van der Waals surface area contributed by atoms with Crippen molar-refractivity contribution < 1.29 is 0 Å². The number of fused-ring (bicyclic) bond motifs is 2. The van der Waals surface area contributed by atoms with Gasteiger partial charge in [-0.2, -0.15) is 0 Å². The monoisotopic (exact) mass is 332 g/mol. The largest absolute Gasteiger partial charge is 0.256 e. The molecule has 0 saturated heterocycles. The average Bonchev–Trinajstić information content (AvgIpc) is 2.72. The van der Waals surface area contributed by atoms with E-state index in [9.17, 15) is 0 Å². The van der Waals surface area contributed by atoms with Crippen molar-refractivity contribution in [3.8, 4) is 22.5 Å². The van der Waals surface area contributed by atoms with Crippen LogP contribution in [0.25, 0.3) is 44.1 Å². The van der Waals surface area contributed by atoms with E-state index in [1.165, 1.54) is 21.5 Å². The molecule has 0 spiro atoms. The van der Waals surface area contributed by atoms with Crippen molar-refractivity contribution in [3.05, 3.63) is 97.3 Å². The highest BCUT2D eigenvalue weighted by Crippen LogP contribution is 2.38. The zero-order valence-electron chi connectivity index (χ0n) is 14.1. The number of pyridine rings is 2.